The van der Waals surface area contributed by atoms with Crippen LogP contribution >= 0.6 is 0 Å². The Balaban J connectivity index is 3.09. The van der Waals surface area contributed by atoms with E-state index < -0.39 is 8.07 Å². The maximum Gasteiger partial charge on any atom is 0.118 e. The fourth-order valence-electron chi connectivity index (χ4n) is 1.67. The molecule has 0 aliphatic rings. The molecule has 14 heavy (non-hydrogen) atoms. The molecule has 0 radical (unpaired) electrons. The molecule has 0 unspecified atom stereocenters. The second-order valence-corrected chi connectivity index (χ2v) is 8.79. The summed E-state index contributed by atoms with van der Waals surface area (Å²) in [7, 11) is 0.345. The van der Waals surface area contributed by atoms with Crippen LogP contribution < -0.4 is 9.92 Å². The van der Waals surface area contributed by atoms with Gasteiger partial charge in [0.2, 0.25) is 0 Å². The molecule has 0 heterocycles. The summed E-state index contributed by atoms with van der Waals surface area (Å²) in [4.78, 5) is 0. The van der Waals surface area contributed by atoms with Crippen LogP contribution in [0.4, 0.5) is 0 Å². The van der Waals surface area contributed by atoms with E-state index in [9.17, 15) is 0 Å². The molecule has 1 aromatic carbocycles. The summed E-state index contributed by atoms with van der Waals surface area (Å²) in [5.41, 5.74) is 0. The van der Waals surface area contributed by atoms with Crippen LogP contribution in [0.25, 0.3) is 0 Å². The Bertz CT molecular complexity index is 318. The maximum atomic E-state index is 5.38. The van der Waals surface area contributed by atoms with Crippen LogP contribution in [0.3, 0.4) is 0 Å². The van der Waals surface area contributed by atoms with Crippen molar-refractivity contribution in [2.75, 3.05) is 7.11 Å². The van der Waals surface area contributed by atoms with Gasteiger partial charge in [0, 0.05) is 0 Å². The van der Waals surface area contributed by atoms with Gasteiger partial charge in [-0.2, -0.15) is 0 Å². The average molecular weight is 206 g/mol. The smallest absolute Gasteiger partial charge is 0.118 e. The van der Waals surface area contributed by atoms with Crippen LogP contribution in [-0.4, -0.2) is 15.2 Å². The van der Waals surface area contributed by atoms with Crippen LogP contribution in [0, 0.1) is 0 Å². The Kier molecular flexibility index (Phi) is 3.53. The summed E-state index contributed by atoms with van der Waals surface area (Å²) in [6.07, 6.45) is 2.01. The average Bonchev–Trinajstić information content (AvgIpc) is 2.18. The number of ether oxygens (including phenoxy) is 1. The number of para-hydroxylation sites is 1. The summed E-state index contributed by atoms with van der Waals surface area (Å²) < 4.78 is 5.38. The molecule has 0 bridgehead atoms. The Labute approximate surface area is 87.4 Å². The van der Waals surface area contributed by atoms with Crippen LogP contribution in [-0.2, 0) is 0 Å². The van der Waals surface area contributed by atoms with Gasteiger partial charge in [-0.15, -0.1) is 6.58 Å². The quantitative estimate of drug-likeness (QED) is 0.544. The van der Waals surface area contributed by atoms with Gasteiger partial charge < -0.3 is 4.74 Å². The number of benzene rings is 1. The third kappa shape index (κ3) is 2.26. The van der Waals surface area contributed by atoms with Crippen LogP contribution in [0.15, 0.2) is 36.9 Å². The lowest BCUT2D eigenvalue weighted by atomic mass is 10.3. The molecule has 0 aliphatic carbocycles. The zero-order chi connectivity index (χ0) is 10.6. The molecule has 1 aromatic rings. The number of hydrogen-bond donors (Lipinski definition) is 0. The van der Waals surface area contributed by atoms with Gasteiger partial charge in [-0.3, -0.25) is 0 Å². The molecule has 0 spiro atoms. The van der Waals surface area contributed by atoms with Crippen molar-refractivity contribution < 1.29 is 4.74 Å². The van der Waals surface area contributed by atoms with Crippen molar-refractivity contribution in [3.8, 4) is 5.75 Å². The molecule has 2 heteroatoms. The number of allylic oxidation sites excluding steroid dienone is 1. The maximum absolute atomic E-state index is 5.38. The highest BCUT2D eigenvalue weighted by Gasteiger charge is 2.24. The molecular weight excluding hydrogens is 188 g/mol. The van der Waals surface area contributed by atoms with Gasteiger partial charge in [0.05, 0.1) is 15.2 Å². The number of methoxy groups -OCH3 is 1. The minimum absolute atomic E-state index is 1.02. The molecular formula is C12H18OSi. The first-order valence-corrected chi connectivity index (χ1v) is 8.07. The minimum atomic E-state index is -1.39. The van der Waals surface area contributed by atoms with E-state index in [1.54, 1.807) is 7.11 Å². The molecule has 76 valence electrons. The highest BCUT2D eigenvalue weighted by molar-refractivity contribution is 6.90. The molecule has 1 nitrogen and oxygen atoms in total. The van der Waals surface area contributed by atoms with Crippen molar-refractivity contribution >= 4 is 13.3 Å². The third-order valence-electron chi connectivity index (χ3n) is 2.49. The fourth-order valence-corrected chi connectivity index (χ4v) is 4.02. The normalized spacial score (nSPS) is 11.1. The molecule has 0 fully saturated rings. The first kappa shape index (κ1) is 11.1. The van der Waals surface area contributed by atoms with Crippen molar-refractivity contribution in [2.24, 2.45) is 0 Å². The van der Waals surface area contributed by atoms with E-state index in [1.165, 1.54) is 5.19 Å². The van der Waals surface area contributed by atoms with Gasteiger partial charge in [-0.1, -0.05) is 37.4 Å². The fraction of sp³-hybridized carbons (Fsp3) is 0.333. The standard InChI is InChI=1S/C12H18OSi/c1-5-10-14(3,4)12-9-7-6-8-11(12)13-2/h5-9H,1,10H2,2-4H3. The number of hydrogen-bond acceptors (Lipinski definition) is 1. The Morgan fingerprint density at radius 3 is 2.57 bits per heavy atom. The van der Waals surface area contributed by atoms with Gasteiger partial charge in [0.15, 0.2) is 0 Å². The Morgan fingerprint density at radius 2 is 2.00 bits per heavy atom. The predicted octanol–water partition coefficient (Wildman–Crippen LogP) is 2.80. The van der Waals surface area contributed by atoms with E-state index in [4.69, 9.17) is 4.74 Å². The van der Waals surface area contributed by atoms with Gasteiger partial charge in [0.1, 0.15) is 5.75 Å². The molecule has 0 aromatic heterocycles. The molecule has 0 aliphatic heterocycles. The first-order valence-electron chi connectivity index (χ1n) is 4.86. The molecule has 0 amide bonds. The lowest BCUT2D eigenvalue weighted by Gasteiger charge is -2.23. The van der Waals surface area contributed by atoms with Gasteiger partial charge >= 0.3 is 0 Å². The van der Waals surface area contributed by atoms with Crippen LogP contribution in [0.2, 0.25) is 19.1 Å². The lowest BCUT2D eigenvalue weighted by Crippen LogP contribution is -2.41. The second kappa shape index (κ2) is 4.47. The van der Waals surface area contributed by atoms with Crippen molar-refractivity contribution in [3.05, 3.63) is 36.9 Å². The molecule has 0 saturated carbocycles. The lowest BCUT2D eigenvalue weighted by molar-refractivity contribution is 0.418. The summed E-state index contributed by atoms with van der Waals surface area (Å²) in [6.45, 7) is 8.50. The van der Waals surface area contributed by atoms with Crippen molar-refractivity contribution in [2.45, 2.75) is 19.1 Å². The Hall–Kier alpha value is -1.02. The number of rotatable bonds is 4. The summed E-state index contributed by atoms with van der Waals surface area (Å²) in [5.74, 6) is 1.02. The topological polar surface area (TPSA) is 9.23 Å². The van der Waals surface area contributed by atoms with E-state index in [2.05, 4.69) is 31.8 Å². The SMILES string of the molecule is C=CC[Si](C)(C)c1ccccc1OC. The molecule has 0 saturated heterocycles. The summed E-state index contributed by atoms with van der Waals surface area (Å²) in [5, 5.41) is 1.38. The van der Waals surface area contributed by atoms with E-state index in [1.807, 2.05) is 18.2 Å². The van der Waals surface area contributed by atoms with Gasteiger partial charge in [0.25, 0.3) is 0 Å². The monoisotopic (exact) mass is 206 g/mol. The van der Waals surface area contributed by atoms with Crippen LogP contribution in [0.1, 0.15) is 0 Å². The summed E-state index contributed by atoms with van der Waals surface area (Å²) >= 11 is 0. The third-order valence-corrected chi connectivity index (χ3v) is 5.67. The molecule has 0 atom stereocenters. The highest BCUT2D eigenvalue weighted by Crippen LogP contribution is 2.17. The van der Waals surface area contributed by atoms with Crippen molar-refractivity contribution in [1.29, 1.82) is 0 Å². The van der Waals surface area contributed by atoms with E-state index in [0.29, 0.717) is 0 Å². The van der Waals surface area contributed by atoms with Crippen molar-refractivity contribution in [3.63, 3.8) is 0 Å². The zero-order valence-corrected chi connectivity index (χ0v) is 10.2. The molecule has 0 N–H and O–H groups in total. The summed E-state index contributed by atoms with van der Waals surface area (Å²) in [6, 6.07) is 9.39. The van der Waals surface area contributed by atoms with Gasteiger partial charge in [-0.05, 0) is 17.3 Å². The predicted molar refractivity (Wildman–Crippen MR) is 65.1 cm³/mol. The van der Waals surface area contributed by atoms with Crippen molar-refractivity contribution in [1.82, 2.24) is 0 Å². The Morgan fingerprint density at radius 1 is 1.36 bits per heavy atom. The molecule has 1 rings (SSSR count). The highest BCUT2D eigenvalue weighted by atomic mass is 28.3. The van der Waals surface area contributed by atoms with Crippen LogP contribution in [0.5, 0.6) is 5.75 Å². The first-order chi connectivity index (χ1) is 6.61. The minimum Gasteiger partial charge on any atom is -0.497 e. The van der Waals surface area contributed by atoms with E-state index in [0.717, 1.165) is 11.8 Å². The zero-order valence-electron chi connectivity index (χ0n) is 9.21. The van der Waals surface area contributed by atoms with E-state index >= 15 is 0 Å². The largest absolute Gasteiger partial charge is 0.497 e. The van der Waals surface area contributed by atoms with Gasteiger partial charge in [-0.25, -0.2) is 0 Å². The second-order valence-electron chi connectivity index (χ2n) is 4.08. The van der Waals surface area contributed by atoms with E-state index in [-0.39, 0.29) is 0 Å².